The van der Waals surface area contributed by atoms with Crippen molar-refractivity contribution in [2.24, 2.45) is 0 Å². The predicted molar refractivity (Wildman–Crippen MR) is 116 cm³/mol. The Balaban J connectivity index is 1.54. The minimum atomic E-state index is -3.80. The summed E-state index contributed by atoms with van der Waals surface area (Å²) in [7, 11) is -0.903. The number of hydrogen-bond donors (Lipinski definition) is 2. The number of methoxy groups -OCH3 is 2. The molecule has 1 amide bonds. The Kier molecular flexibility index (Phi) is 7.27. The van der Waals surface area contributed by atoms with Crippen LogP contribution in [0.1, 0.15) is 12.0 Å². The minimum absolute atomic E-state index is 0.0180. The van der Waals surface area contributed by atoms with Gasteiger partial charge in [0.25, 0.3) is 0 Å². The third kappa shape index (κ3) is 6.06. The van der Waals surface area contributed by atoms with Crippen molar-refractivity contribution in [1.82, 2.24) is 14.5 Å². The van der Waals surface area contributed by atoms with Crippen molar-refractivity contribution in [3.8, 4) is 11.5 Å². The van der Waals surface area contributed by atoms with Gasteiger partial charge in [0.15, 0.2) is 11.5 Å². The van der Waals surface area contributed by atoms with Gasteiger partial charge in [-0.15, -0.1) is 0 Å². The highest BCUT2D eigenvalue weighted by molar-refractivity contribution is 7.89. The van der Waals surface area contributed by atoms with Crippen LogP contribution in [0.15, 0.2) is 65.8 Å². The summed E-state index contributed by atoms with van der Waals surface area (Å²) in [6.07, 6.45) is 3.54. The maximum absolute atomic E-state index is 12.5. The predicted octanol–water partition coefficient (Wildman–Crippen LogP) is 2.26. The molecule has 0 atom stereocenters. The number of amides is 1. The Bertz CT molecular complexity index is 1130. The van der Waals surface area contributed by atoms with E-state index in [0.29, 0.717) is 23.7 Å². The Labute approximate surface area is 181 Å². The van der Waals surface area contributed by atoms with Gasteiger partial charge in [-0.25, -0.2) is 13.1 Å². The fraction of sp³-hybridized carbons (Fsp3) is 0.238. The molecule has 3 aromatic rings. The van der Waals surface area contributed by atoms with Crippen LogP contribution in [0, 0.1) is 0 Å². The van der Waals surface area contributed by atoms with E-state index >= 15 is 0 Å². The highest BCUT2D eigenvalue weighted by atomic mass is 32.2. The van der Waals surface area contributed by atoms with Crippen LogP contribution in [0.25, 0.3) is 0 Å². The summed E-state index contributed by atoms with van der Waals surface area (Å²) in [6, 6.07) is 13.5. The molecule has 9 nitrogen and oxygen atoms in total. The first-order valence-electron chi connectivity index (χ1n) is 9.49. The van der Waals surface area contributed by atoms with Gasteiger partial charge in [-0.2, -0.15) is 5.10 Å². The minimum Gasteiger partial charge on any atom is -0.493 e. The van der Waals surface area contributed by atoms with Crippen LogP contribution in [-0.2, 0) is 21.4 Å². The van der Waals surface area contributed by atoms with Crippen LogP contribution in [0.5, 0.6) is 11.5 Å². The molecule has 0 saturated carbocycles. The number of ether oxygens (including phenoxy) is 2. The van der Waals surface area contributed by atoms with Gasteiger partial charge >= 0.3 is 0 Å². The summed E-state index contributed by atoms with van der Waals surface area (Å²) in [5.41, 5.74) is 1.62. The number of benzene rings is 2. The first kappa shape index (κ1) is 22.3. The average molecular weight is 445 g/mol. The zero-order valence-corrected chi connectivity index (χ0v) is 18.1. The van der Waals surface area contributed by atoms with Crippen LogP contribution in [-0.4, -0.2) is 44.9 Å². The fourth-order valence-electron chi connectivity index (χ4n) is 2.92. The molecule has 0 unspecified atom stereocenters. The largest absolute Gasteiger partial charge is 0.493 e. The van der Waals surface area contributed by atoms with Crippen LogP contribution < -0.4 is 19.5 Å². The zero-order chi connectivity index (χ0) is 22.3. The molecular weight excluding hydrogens is 420 g/mol. The molecule has 31 heavy (non-hydrogen) atoms. The topological polar surface area (TPSA) is 112 Å². The Morgan fingerprint density at radius 1 is 1.06 bits per heavy atom. The van der Waals surface area contributed by atoms with Crippen molar-refractivity contribution in [1.29, 1.82) is 0 Å². The Morgan fingerprint density at radius 2 is 1.87 bits per heavy atom. The highest BCUT2D eigenvalue weighted by Crippen LogP contribution is 2.29. The molecule has 0 radical (unpaired) electrons. The smallest absolute Gasteiger partial charge is 0.240 e. The summed E-state index contributed by atoms with van der Waals surface area (Å²) >= 11 is 0. The lowest BCUT2D eigenvalue weighted by Gasteiger charge is -2.11. The van der Waals surface area contributed by atoms with Gasteiger partial charge in [0, 0.05) is 37.1 Å². The van der Waals surface area contributed by atoms with Gasteiger partial charge in [-0.05, 0) is 35.9 Å². The van der Waals surface area contributed by atoms with Gasteiger partial charge in [0.05, 0.1) is 25.7 Å². The molecule has 0 aliphatic heterocycles. The Morgan fingerprint density at radius 3 is 2.58 bits per heavy atom. The molecule has 3 rings (SSSR count). The van der Waals surface area contributed by atoms with Gasteiger partial charge in [0.1, 0.15) is 0 Å². The van der Waals surface area contributed by atoms with E-state index in [1.165, 1.54) is 32.4 Å². The number of nitrogens with one attached hydrogen (secondary N) is 2. The van der Waals surface area contributed by atoms with Crippen LogP contribution in [0.2, 0.25) is 0 Å². The molecule has 0 spiro atoms. The van der Waals surface area contributed by atoms with E-state index in [1.807, 2.05) is 30.5 Å². The third-order valence-electron chi connectivity index (χ3n) is 4.42. The molecule has 0 fully saturated rings. The SMILES string of the molecule is COc1ccc(S(=O)(=O)NCCC(=O)Nc2cccc(Cn3cccn3)c2)cc1OC. The molecule has 0 aliphatic carbocycles. The summed E-state index contributed by atoms with van der Waals surface area (Å²) in [6.45, 7) is 0.539. The molecule has 2 aromatic carbocycles. The molecule has 0 saturated heterocycles. The van der Waals surface area contributed by atoms with Crippen molar-refractivity contribution in [2.45, 2.75) is 17.9 Å². The summed E-state index contributed by atoms with van der Waals surface area (Å²) in [4.78, 5) is 12.3. The lowest BCUT2D eigenvalue weighted by molar-refractivity contribution is -0.116. The zero-order valence-electron chi connectivity index (χ0n) is 17.2. The van der Waals surface area contributed by atoms with Crippen molar-refractivity contribution < 1.29 is 22.7 Å². The molecule has 2 N–H and O–H groups in total. The number of carbonyl (C=O) groups is 1. The van der Waals surface area contributed by atoms with Crippen LogP contribution in [0.3, 0.4) is 0 Å². The molecular formula is C21H24N4O5S. The van der Waals surface area contributed by atoms with Crippen molar-refractivity contribution in [3.63, 3.8) is 0 Å². The van der Waals surface area contributed by atoms with Crippen LogP contribution in [0.4, 0.5) is 5.69 Å². The summed E-state index contributed by atoms with van der Waals surface area (Å²) in [5, 5.41) is 6.94. The molecule has 0 aliphatic rings. The van der Waals surface area contributed by atoms with Gasteiger partial charge in [-0.1, -0.05) is 12.1 Å². The molecule has 0 bridgehead atoms. The molecule has 164 valence electrons. The number of nitrogens with zero attached hydrogens (tertiary/aromatic N) is 2. The summed E-state index contributed by atoms with van der Waals surface area (Å²) in [5.74, 6) is 0.431. The molecule has 10 heteroatoms. The van der Waals surface area contributed by atoms with E-state index in [1.54, 1.807) is 16.9 Å². The molecule has 1 heterocycles. The van der Waals surface area contributed by atoms with Crippen molar-refractivity contribution in [2.75, 3.05) is 26.1 Å². The Hall–Kier alpha value is -3.37. The maximum Gasteiger partial charge on any atom is 0.240 e. The number of hydrogen-bond acceptors (Lipinski definition) is 6. The van der Waals surface area contributed by atoms with E-state index in [0.717, 1.165) is 5.56 Å². The quantitative estimate of drug-likeness (QED) is 0.496. The average Bonchev–Trinajstić information content (AvgIpc) is 3.26. The molecule has 1 aromatic heterocycles. The number of rotatable bonds is 10. The second-order valence-corrected chi connectivity index (χ2v) is 8.38. The lowest BCUT2D eigenvalue weighted by atomic mass is 10.2. The lowest BCUT2D eigenvalue weighted by Crippen LogP contribution is -2.27. The second-order valence-electron chi connectivity index (χ2n) is 6.62. The van der Waals surface area contributed by atoms with E-state index in [-0.39, 0.29) is 23.8 Å². The first-order valence-corrected chi connectivity index (χ1v) is 11.0. The van der Waals surface area contributed by atoms with E-state index in [4.69, 9.17) is 9.47 Å². The fourth-order valence-corrected chi connectivity index (χ4v) is 3.96. The maximum atomic E-state index is 12.5. The van der Waals surface area contributed by atoms with Crippen molar-refractivity contribution in [3.05, 3.63) is 66.5 Å². The normalized spacial score (nSPS) is 11.2. The van der Waals surface area contributed by atoms with E-state index in [9.17, 15) is 13.2 Å². The van der Waals surface area contributed by atoms with Crippen molar-refractivity contribution >= 4 is 21.6 Å². The standard InChI is InChI=1S/C21H24N4O5S/c1-29-19-8-7-18(14-20(19)30-2)31(27,28)23-11-9-21(26)24-17-6-3-5-16(13-17)15-25-12-4-10-22-25/h3-8,10,12-14,23H,9,11,15H2,1-2H3,(H,24,26). The van der Waals surface area contributed by atoms with Gasteiger partial charge in [0.2, 0.25) is 15.9 Å². The first-order chi connectivity index (χ1) is 14.9. The van der Waals surface area contributed by atoms with Gasteiger partial charge in [-0.3, -0.25) is 9.48 Å². The highest BCUT2D eigenvalue weighted by Gasteiger charge is 2.17. The monoisotopic (exact) mass is 444 g/mol. The summed E-state index contributed by atoms with van der Waals surface area (Å²) < 4.78 is 39.4. The van der Waals surface area contributed by atoms with Crippen LogP contribution >= 0.6 is 0 Å². The number of carbonyl (C=O) groups excluding carboxylic acids is 1. The van der Waals surface area contributed by atoms with E-state index in [2.05, 4.69) is 15.1 Å². The number of aromatic nitrogens is 2. The van der Waals surface area contributed by atoms with E-state index < -0.39 is 10.0 Å². The second kappa shape index (κ2) is 10.1. The number of sulfonamides is 1. The third-order valence-corrected chi connectivity index (χ3v) is 5.88. The van der Waals surface area contributed by atoms with Gasteiger partial charge < -0.3 is 14.8 Å². The number of anilines is 1.